The first-order valence-electron chi connectivity index (χ1n) is 10.5. The van der Waals surface area contributed by atoms with Crippen LogP contribution in [-0.2, 0) is 14.3 Å². The number of hydrogen-bond acceptors (Lipinski definition) is 8. The number of rotatable bonds is 7. The second kappa shape index (κ2) is 10.7. The van der Waals surface area contributed by atoms with Gasteiger partial charge in [-0.25, -0.2) is 9.59 Å². The lowest BCUT2D eigenvalue weighted by Crippen LogP contribution is -2.48. The molecule has 9 nitrogen and oxygen atoms in total. The number of carbonyl (C=O) groups is 4. The molecule has 1 aliphatic rings. The highest BCUT2D eigenvalue weighted by molar-refractivity contribution is 6.03. The number of piperazine rings is 1. The van der Waals surface area contributed by atoms with E-state index in [2.05, 4.69) is 10.2 Å². The number of hydrogen-bond donors (Lipinski definition) is 1. The van der Waals surface area contributed by atoms with E-state index in [-0.39, 0.29) is 35.0 Å². The van der Waals surface area contributed by atoms with E-state index in [0.29, 0.717) is 18.7 Å². The summed E-state index contributed by atoms with van der Waals surface area (Å²) in [5, 5.41) is 2.72. The molecular weight excluding hydrogens is 426 g/mol. The predicted octanol–water partition coefficient (Wildman–Crippen LogP) is 2.22. The summed E-state index contributed by atoms with van der Waals surface area (Å²) >= 11 is 0. The van der Waals surface area contributed by atoms with Crippen LogP contribution in [0.4, 0.5) is 11.4 Å². The third-order valence-electron chi connectivity index (χ3n) is 5.50. The van der Waals surface area contributed by atoms with E-state index in [0.717, 1.165) is 18.8 Å². The zero-order valence-electron chi connectivity index (χ0n) is 18.9. The summed E-state index contributed by atoms with van der Waals surface area (Å²) in [6, 6.07) is 11.8. The maximum absolute atomic E-state index is 12.7. The van der Waals surface area contributed by atoms with E-state index in [1.165, 1.54) is 32.4 Å². The first kappa shape index (κ1) is 23.9. The summed E-state index contributed by atoms with van der Waals surface area (Å²) in [5.74, 6) is -1.47. The predicted molar refractivity (Wildman–Crippen MR) is 123 cm³/mol. The molecule has 2 aromatic carbocycles. The van der Waals surface area contributed by atoms with Gasteiger partial charge in [0.05, 0.1) is 37.6 Å². The van der Waals surface area contributed by atoms with Crippen molar-refractivity contribution in [2.45, 2.75) is 6.92 Å². The van der Waals surface area contributed by atoms with E-state index >= 15 is 0 Å². The molecule has 174 valence electrons. The molecule has 0 saturated carbocycles. The van der Waals surface area contributed by atoms with Crippen LogP contribution >= 0.6 is 0 Å². The van der Waals surface area contributed by atoms with Crippen molar-refractivity contribution in [2.24, 2.45) is 0 Å². The van der Waals surface area contributed by atoms with Gasteiger partial charge in [0.25, 0.3) is 0 Å². The van der Waals surface area contributed by atoms with Gasteiger partial charge in [0.15, 0.2) is 5.78 Å². The fraction of sp³-hybridized carbons (Fsp3) is 0.333. The lowest BCUT2D eigenvalue weighted by Gasteiger charge is -2.35. The van der Waals surface area contributed by atoms with Crippen LogP contribution in [0.15, 0.2) is 42.5 Å². The Morgan fingerprint density at radius 1 is 0.848 bits per heavy atom. The second-order valence-electron chi connectivity index (χ2n) is 7.66. The van der Waals surface area contributed by atoms with E-state index in [1.807, 2.05) is 29.2 Å². The number of carbonyl (C=O) groups excluding carboxylic acids is 4. The molecule has 1 fully saturated rings. The molecule has 9 heteroatoms. The zero-order chi connectivity index (χ0) is 24.0. The minimum Gasteiger partial charge on any atom is -0.465 e. The van der Waals surface area contributed by atoms with Crippen molar-refractivity contribution in [3.8, 4) is 0 Å². The van der Waals surface area contributed by atoms with E-state index in [1.54, 1.807) is 6.92 Å². The average Bonchev–Trinajstić information content (AvgIpc) is 2.83. The van der Waals surface area contributed by atoms with Crippen LogP contribution in [0.25, 0.3) is 0 Å². The zero-order valence-corrected chi connectivity index (χ0v) is 18.9. The highest BCUT2D eigenvalue weighted by Gasteiger charge is 2.21. The van der Waals surface area contributed by atoms with Gasteiger partial charge in [-0.2, -0.15) is 0 Å². The molecule has 0 aliphatic carbocycles. The first-order valence-corrected chi connectivity index (χ1v) is 10.5. The van der Waals surface area contributed by atoms with Gasteiger partial charge in [-0.15, -0.1) is 0 Å². The number of nitrogens with zero attached hydrogens (tertiary/aromatic N) is 2. The molecule has 0 atom stereocenters. The van der Waals surface area contributed by atoms with Gasteiger partial charge >= 0.3 is 11.9 Å². The molecule has 1 aliphatic heterocycles. The van der Waals surface area contributed by atoms with Crippen LogP contribution in [0.5, 0.6) is 0 Å². The summed E-state index contributed by atoms with van der Waals surface area (Å²) in [6.45, 7) is 4.50. The maximum atomic E-state index is 12.7. The van der Waals surface area contributed by atoms with Crippen LogP contribution in [0.2, 0.25) is 0 Å². The van der Waals surface area contributed by atoms with Crippen molar-refractivity contribution in [2.75, 3.05) is 57.2 Å². The molecule has 0 bridgehead atoms. The summed E-state index contributed by atoms with van der Waals surface area (Å²) in [4.78, 5) is 52.2. The molecule has 3 rings (SSSR count). The Balaban J connectivity index is 1.60. The number of nitrogens with one attached hydrogen (secondary N) is 1. The number of esters is 2. The van der Waals surface area contributed by atoms with Gasteiger partial charge in [-0.1, -0.05) is 0 Å². The van der Waals surface area contributed by atoms with Crippen molar-refractivity contribution in [1.29, 1.82) is 0 Å². The number of methoxy groups -OCH3 is 2. The number of anilines is 2. The fourth-order valence-electron chi connectivity index (χ4n) is 3.64. The highest BCUT2D eigenvalue weighted by Crippen LogP contribution is 2.21. The number of Topliss-reactive ketones (excluding diaryl/α,β-unsaturated/α-hetero) is 1. The molecular formula is C24H27N3O6. The lowest BCUT2D eigenvalue weighted by atomic mass is 10.1. The fourth-order valence-corrected chi connectivity index (χ4v) is 3.64. The summed E-state index contributed by atoms with van der Waals surface area (Å²) in [5.41, 5.74) is 2.27. The van der Waals surface area contributed by atoms with Crippen LogP contribution in [0, 0.1) is 0 Å². The summed E-state index contributed by atoms with van der Waals surface area (Å²) in [6.07, 6.45) is 0. The van der Waals surface area contributed by atoms with Gasteiger partial charge in [0, 0.05) is 37.4 Å². The van der Waals surface area contributed by atoms with E-state index in [4.69, 9.17) is 9.47 Å². The Hall–Kier alpha value is -3.72. The van der Waals surface area contributed by atoms with Crippen LogP contribution in [0.1, 0.15) is 38.0 Å². The molecule has 1 heterocycles. The monoisotopic (exact) mass is 453 g/mol. The molecule has 0 spiro atoms. The third-order valence-corrected chi connectivity index (χ3v) is 5.50. The van der Waals surface area contributed by atoms with Crippen molar-refractivity contribution in [3.05, 3.63) is 59.2 Å². The molecule has 1 saturated heterocycles. The lowest BCUT2D eigenvalue weighted by molar-refractivity contribution is -0.117. The van der Waals surface area contributed by atoms with Crippen molar-refractivity contribution in [1.82, 2.24) is 4.90 Å². The number of ketones is 1. The minimum absolute atomic E-state index is 0.0323. The van der Waals surface area contributed by atoms with Crippen molar-refractivity contribution < 1.29 is 28.7 Å². The quantitative estimate of drug-likeness (QED) is 0.503. The minimum atomic E-state index is -0.619. The topological polar surface area (TPSA) is 105 Å². The molecule has 1 amide bonds. The van der Waals surface area contributed by atoms with Gasteiger partial charge in [-0.3, -0.25) is 14.5 Å². The summed E-state index contributed by atoms with van der Waals surface area (Å²) in [7, 11) is 2.50. The standard InChI is InChI=1S/C24H27N3O6/c1-16(28)17-4-7-19(8-5-17)27-12-10-26(11-13-27)15-22(29)25-21-14-18(23(30)32-2)6-9-20(21)24(31)33-3/h4-9,14H,10-13,15H2,1-3H3,(H,25,29). The van der Waals surface area contributed by atoms with Crippen LogP contribution < -0.4 is 10.2 Å². The van der Waals surface area contributed by atoms with E-state index < -0.39 is 11.9 Å². The summed E-state index contributed by atoms with van der Waals surface area (Å²) < 4.78 is 9.48. The molecule has 0 radical (unpaired) electrons. The smallest absolute Gasteiger partial charge is 0.339 e. The van der Waals surface area contributed by atoms with Gasteiger partial charge in [0.1, 0.15) is 0 Å². The number of amides is 1. The third kappa shape index (κ3) is 5.95. The maximum Gasteiger partial charge on any atom is 0.339 e. The first-order chi connectivity index (χ1) is 15.8. The van der Waals surface area contributed by atoms with E-state index in [9.17, 15) is 19.2 Å². The molecule has 0 aromatic heterocycles. The van der Waals surface area contributed by atoms with Crippen molar-refractivity contribution >= 4 is 35.0 Å². The Bertz CT molecular complexity index is 1040. The van der Waals surface area contributed by atoms with Gasteiger partial charge in [0.2, 0.25) is 5.91 Å². The Labute approximate surface area is 192 Å². The Morgan fingerprint density at radius 2 is 1.45 bits per heavy atom. The highest BCUT2D eigenvalue weighted by atomic mass is 16.5. The van der Waals surface area contributed by atoms with Crippen LogP contribution in [0.3, 0.4) is 0 Å². The number of benzene rings is 2. The Kier molecular flexibility index (Phi) is 7.78. The van der Waals surface area contributed by atoms with Crippen LogP contribution in [-0.4, -0.2) is 75.5 Å². The molecule has 0 unspecified atom stereocenters. The number of ether oxygens (including phenoxy) is 2. The molecule has 33 heavy (non-hydrogen) atoms. The van der Waals surface area contributed by atoms with Gasteiger partial charge in [-0.05, 0) is 49.4 Å². The molecule has 2 aromatic rings. The largest absolute Gasteiger partial charge is 0.465 e. The second-order valence-corrected chi connectivity index (χ2v) is 7.66. The van der Waals surface area contributed by atoms with Crippen molar-refractivity contribution in [3.63, 3.8) is 0 Å². The van der Waals surface area contributed by atoms with Gasteiger partial charge < -0.3 is 19.7 Å². The SMILES string of the molecule is COC(=O)c1ccc(C(=O)OC)c(NC(=O)CN2CCN(c3ccc(C(C)=O)cc3)CC2)c1. The normalized spacial score (nSPS) is 13.8. The molecule has 1 N–H and O–H groups in total. The average molecular weight is 453 g/mol. The Morgan fingerprint density at radius 3 is 2.03 bits per heavy atom.